The zero-order chi connectivity index (χ0) is 14.9. The first-order valence-electron chi connectivity index (χ1n) is 7.30. The van der Waals surface area contributed by atoms with E-state index in [1.807, 2.05) is 25.2 Å². The van der Waals surface area contributed by atoms with Crippen LogP contribution in [0.3, 0.4) is 0 Å². The molecule has 2 aromatic rings. The van der Waals surface area contributed by atoms with Gasteiger partial charge in [-0.1, -0.05) is 59.6 Å². The Morgan fingerprint density at radius 2 is 1.62 bits per heavy atom. The molecule has 1 N–H and O–H groups in total. The number of nitrogens with one attached hydrogen (secondary N) is 1. The van der Waals surface area contributed by atoms with E-state index >= 15 is 0 Å². The van der Waals surface area contributed by atoms with Crippen LogP contribution in [0.4, 0.5) is 0 Å². The highest BCUT2D eigenvalue weighted by atomic mass is 35.5. The van der Waals surface area contributed by atoms with E-state index in [4.69, 9.17) is 23.2 Å². The second kappa shape index (κ2) is 6.00. The van der Waals surface area contributed by atoms with Crippen molar-refractivity contribution in [3.63, 3.8) is 0 Å². The lowest BCUT2D eigenvalue weighted by atomic mass is 9.57. The maximum Gasteiger partial charge on any atom is 0.0459 e. The van der Waals surface area contributed by atoms with Crippen molar-refractivity contribution in [2.24, 2.45) is 0 Å². The maximum absolute atomic E-state index is 6.44. The molecule has 21 heavy (non-hydrogen) atoms. The molecule has 0 amide bonds. The Morgan fingerprint density at radius 3 is 2.19 bits per heavy atom. The van der Waals surface area contributed by atoms with Crippen molar-refractivity contribution in [3.8, 4) is 0 Å². The van der Waals surface area contributed by atoms with Crippen molar-refractivity contribution < 1.29 is 0 Å². The third kappa shape index (κ3) is 2.70. The van der Waals surface area contributed by atoms with Crippen LogP contribution in [0.25, 0.3) is 0 Å². The summed E-state index contributed by atoms with van der Waals surface area (Å²) in [5.74, 6) is 0.590. The van der Waals surface area contributed by atoms with Crippen LogP contribution >= 0.6 is 23.2 Å². The van der Waals surface area contributed by atoms with E-state index in [-0.39, 0.29) is 5.41 Å². The molecular formula is C18H19Cl2N. The molecule has 0 atom stereocenters. The number of halogens is 2. The largest absolute Gasteiger partial charge is 0.319 e. The molecule has 0 saturated heterocycles. The average Bonchev–Trinajstić information content (AvgIpc) is 2.44. The predicted molar refractivity (Wildman–Crippen MR) is 90.5 cm³/mol. The van der Waals surface area contributed by atoms with E-state index in [0.29, 0.717) is 5.92 Å². The highest BCUT2D eigenvalue weighted by molar-refractivity contribution is 6.36. The lowest BCUT2D eigenvalue weighted by Crippen LogP contribution is -2.47. The van der Waals surface area contributed by atoms with Crippen molar-refractivity contribution in [2.75, 3.05) is 13.6 Å². The Kier molecular flexibility index (Phi) is 4.26. The smallest absolute Gasteiger partial charge is 0.0459 e. The average molecular weight is 320 g/mol. The summed E-state index contributed by atoms with van der Waals surface area (Å²) in [6.07, 6.45) is 2.17. The lowest BCUT2D eigenvalue weighted by molar-refractivity contribution is 0.198. The predicted octanol–water partition coefficient (Wildman–Crippen LogP) is 5.03. The normalized spacial score (nSPS) is 24.6. The van der Waals surface area contributed by atoms with Gasteiger partial charge in [0.25, 0.3) is 0 Å². The molecule has 0 aromatic heterocycles. The molecule has 2 aromatic carbocycles. The summed E-state index contributed by atoms with van der Waals surface area (Å²) in [6.45, 7) is 0.903. The molecule has 110 valence electrons. The molecule has 1 aliphatic carbocycles. The summed E-state index contributed by atoms with van der Waals surface area (Å²) < 4.78 is 0. The van der Waals surface area contributed by atoms with E-state index in [9.17, 15) is 0 Å². The first-order chi connectivity index (χ1) is 10.2. The standard InChI is InChI=1S/C18H19Cl2N/c1-21-12-18(17-15(19)8-5-9-16(17)20)10-14(11-18)13-6-3-2-4-7-13/h2-9,14,21H,10-12H2,1H3. The van der Waals surface area contributed by atoms with Crippen molar-refractivity contribution >= 4 is 23.2 Å². The third-order valence-corrected chi connectivity index (χ3v) is 5.18. The quantitative estimate of drug-likeness (QED) is 0.833. The van der Waals surface area contributed by atoms with Crippen molar-refractivity contribution in [1.29, 1.82) is 0 Å². The molecule has 3 rings (SSSR count). The van der Waals surface area contributed by atoms with Gasteiger partial charge in [0.2, 0.25) is 0 Å². The molecule has 1 aliphatic rings. The minimum atomic E-state index is 0.0463. The van der Waals surface area contributed by atoms with Crippen molar-refractivity contribution in [3.05, 3.63) is 69.7 Å². The van der Waals surface area contributed by atoms with Gasteiger partial charge in [-0.2, -0.15) is 0 Å². The van der Waals surface area contributed by atoms with Crippen molar-refractivity contribution in [1.82, 2.24) is 5.32 Å². The van der Waals surface area contributed by atoms with Gasteiger partial charge in [0.1, 0.15) is 0 Å². The van der Waals surface area contributed by atoms with Gasteiger partial charge in [0.15, 0.2) is 0 Å². The van der Waals surface area contributed by atoms with Crippen LogP contribution in [0, 0.1) is 0 Å². The molecular weight excluding hydrogens is 301 g/mol. The highest BCUT2D eigenvalue weighted by Gasteiger charge is 2.47. The summed E-state index contributed by atoms with van der Waals surface area (Å²) in [5, 5.41) is 4.88. The molecule has 3 heteroatoms. The fourth-order valence-electron chi connectivity index (χ4n) is 3.62. The van der Waals surface area contributed by atoms with Gasteiger partial charge >= 0.3 is 0 Å². The minimum absolute atomic E-state index is 0.0463. The van der Waals surface area contributed by atoms with Crippen LogP contribution < -0.4 is 5.32 Å². The number of benzene rings is 2. The van der Waals surface area contributed by atoms with E-state index in [0.717, 1.165) is 35.0 Å². The fourth-order valence-corrected chi connectivity index (χ4v) is 4.42. The van der Waals surface area contributed by atoms with Crippen LogP contribution in [-0.2, 0) is 5.41 Å². The first-order valence-corrected chi connectivity index (χ1v) is 8.06. The Labute approximate surface area is 136 Å². The Morgan fingerprint density at radius 1 is 1.00 bits per heavy atom. The number of likely N-dealkylation sites (N-methyl/N-ethyl adjacent to an activating group) is 1. The molecule has 0 unspecified atom stereocenters. The summed E-state index contributed by atoms with van der Waals surface area (Å²) in [6, 6.07) is 16.5. The summed E-state index contributed by atoms with van der Waals surface area (Å²) in [5.41, 5.74) is 2.56. The SMILES string of the molecule is CNCC1(c2c(Cl)cccc2Cl)CC(c2ccccc2)C1. The minimum Gasteiger partial charge on any atom is -0.319 e. The molecule has 0 spiro atoms. The van der Waals surface area contributed by atoms with Gasteiger partial charge in [-0.25, -0.2) is 0 Å². The van der Waals surface area contributed by atoms with Crippen LogP contribution in [0.5, 0.6) is 0 Å². The number of rotatable bonds is 4. The molecule has 1 fully saturated rings. The van der Waals surface area contributed by atoms with E-state index in [1.165, 1.54) is 5.56 Å². The Hall–Kier alpha value is -1.02. The molecule has 0 bridgehead atoms. The van der Waals surface area contributed by atoms with Crippen molar-refractivity contribution in [2.45, 2.75) is 24.2 Å². The van der Waals surface area contributed by atoms with E-state index < -0.39 is 0 Å². The van der Waals surface area contributed by atoms with Crippen LogP contribution in [0.15, 0.2) is 48.5 Å². The third-order valence-electron chi connectivity index (χ3n) is 4.55. The maximum atomic E-state index is 6.44. The number of hydrogen-bond donors (Lipinski definition) is 1. The zero-order valence-electron chi connectivity index (χ0n) is 12.1. The number of hydrogen-bond acceptors (Lipinski definition) is 1. The van der Waals surface area contributed by atoms with E-state index in [1.54, 1.807) is 0 Å². The molecule has 0 aliphatic heterocycles. The van der Waals surface area contributed by atoms with Crippen LogP contribution in [-0.4, -0.2) is 13.6 Å². The van der Waals surface area contributed by atoms with Gasteiger partial charge in [0, 0.05) is 22.0 Å². The van der Waals surface area contributed by atoms with Gasteiger partial charge < -0.3 is 5.32 Å². The highest BCUT2D eigenvalue weighted by Crippen LogP contribution is 2.55. The summed E-state index contributed by atoms with van der Waals surface area (Å²) in [4.78, 5) is 0. The van der Waals surface area contributed by atoms with Gasteiger partial charge in [-0.15, -0.1) is 0 Å². The molecule has 0 radical (unpaired) electrons. The summed E-state index contributed by atoms with van der Waals surface area (Å²) >= 11 is 12.9. The zero-order valence-corrected chi connectivity index (χ0v) is 13.6. The monoisotopic (exact) mass is 319 g/mol. The fraction of sp³-hybridized carbons (Fsp3) is 0.333. The van der Waals surface area contributed by atoms with Gasteiger partial charge in [-0.3, -0.25) is 0 Å². The molecule has 1 nitrogen and oxygen atoms in total. The molecule has 1 saturated carbocycles. The second-order valence-corrected chi connectivity index (χ2v) is 6.74. The van der Waals surface area contributed by atoms with Gasteiger partial charge in [0.05, 0.1) is 0 Å². The molecule has 0 heterocycles. The Balaban J connectivity index is 1.91. The summed E-state index contributed by atoms with van der Waals surface area (Å²) in [7, 11) is 1.99. The van der Waals surface area contributed by atoms with Crippen LogP contribution in [0.1, 0.15) is 29.9 Å². The van der Waals surface area contributed by atoms with Crippen LogP contribution in [0.2, 0.25) is 10.0 Å². The first kappa shape index (κ1) is 14.9. The van der Waals surface area contributed by atoms with E-state index in [2.05, 4.69) is 35.6 Å². The second-order valence-electron chi connectivity index (χ2n) is 5.92. The topological polar surface area (TPSA) is 12.0 Å². The lowest BCUT2D eigenvalue weighted by Gasteiger charge is -2.49. The van der Waals surface area contributed by atoms with Gasteiger partial charge in [-0.05, 0) is 49.1 Å². The Bertz CT molecular complexity index is 598.